The van der Waals surface area contributed by atoms with Crippen molar-refractivity contribution in [2.75, 3.05) is 10.1 Å². The highest BCUT2D eigenvalue weighted by atomic mass is 32.2. The Kier molecular flexibility index (Phi) is 7.59. The summed E-state index contributed by atoms with van der Waals surface area (Å²) < 4.78 is 70.8. The fraction of sp³-hybridized carbons (Fsp3) is 0.148. The predicted octanol–water partition coefficient (Wildman–Crippen LogP) is 6.36. The van der Waals surface area contributed by atoms with Gasteiger partial charge >= 0.3 is 6.18 Å². The zero-order valence-corrected chi connectivity index (χ0v) is 19.9. The summed E-state index contributed by atoms with van der Waals surface area (Å²) in [7, 11) is -4.71. The second-order valence-electron chi connectivity index (χ2n) is 8.10. The smallest absolute Gasteiger partial charge is 0.404 e. The minimum atomic E-state index is -4.88. The number of benzene rings is 3. The molecule has 1 aromatic heterocycles. The molecule has 0 fully saturated rings. The van der Waals surface area contributed by atoms with Crippen molar-refractivity contribution < 1.29 is 26.3 Å². The van der Waals surface area contributed by atoms with Crippen molar-refractivity contribution in [3.05, 3.63) is 120 Å². The number of hydrogen-bond acceptors (Lipinski definition) is 4. The van der Waals surface area contributed by atoms with Crippen molar-refractivity contribution in [1.82, 2.24) is 4.98 Å². The highest BCUT2D eigenvalue weighted by Crippen LogP contribution is 2.29. The van der Waals surface area contributed by atoms with Crippen LogP contribution in [0.15, 0.2) is 103 Å². The molecule has 9 heteroatoms. The number of ether oxygens (including phenoxy) is 1. The van der Waals surface area contributed by atoms with E-state index in [1.165, 1.54) is 36.0 Å². The van der Waals surface area contributed by atoms with Crippen molar-refractivity contribution in [3.8, 4) is 11.5 Å². The van der Waals surface area contributed by atoms with Gasteiger partial charge in [0, 0.05) is 6.20 Å². The molecule has 5 nitrogen and oxygen atoms in total. The zero-order valence-electron chi connectivity index (χ0n) is 19.1. The molecule has 0 aliphatic heterocycles. The molecule has 3 aromatic carbocycles. The summed E-state index contributed by atoms with van der Waals surface area (Å²) in [5.74, 6) is -0.976. The number of aromatic nitrogens is 1. The minimum absolute atomic E-state index is 0.0791. The van der Waals surface area contributed by atoms with Gasteiger partial charge in [0.1, 0.15) is 11.5 Å². The third-order valence-corrected chi connectivity index (χ3v) is 6.95. The van der Waals surface area contributed by atoms with E-state index < -0.39 is 22.0 Å². The maximum atomic E-state index is 13.0. The van der Waals surface area contributed by atoms with Crippen LogP contribution in [0.4, 0.5) is 18.9 Å². The minimum Gasteiger partial charge on any atom is -0.457 e. The lowest BCUT2D eigenvalue weighted by Gasteiger charge is -2.25. The van der Waals surface area contributed by atoms with Crippen LogP contribution in [0.25, 0.3) is 0 Å². The average molecular weight is 513 g/mol. The standard InChI is InChI=1S/C27H23F3N2O3S/c28-27(29,30)20-36(33,34)32(19-23-8-4-5-17-31-23)24-11-15-26(16-12-24)35-25-13-9-22(10-14-25)18-21-6-2-1-3-7-21/h1-17H,18-20H2. The number of sulfonamides is 1. The van der Waals surface area contributed by atoms with Gasteiger partial charge in [0.2, 0.25) is 10.0 Å². The van der Waals surface area contributed by atoms with E-state index in [0.717, 1.165) is 12.0 Å². The van der Waals surface area contributed by atoms with Gasteiger partial charge in [-0.1, -0.05) is 48.5 Å². The normalized spacial score (nSPS) is 11.8. The van der Waals surface area contributed by atoms with Gasteiger partial charge in [0.25, 0.3) is 0 Å². The number of alkyl halides is 3. The Labute approximate surface area is 207 Å². The van der Waals surface area contributed by atoms with Gasteiger partial charge in [-0.25, -0.2) is 8.42 Å². The average Bonchev–Trinajstić information content (AvgIpc) is 2.84. The molecule has 0 atom stereocenters. The summed E-state index contributed by atoms with van der Waals surface area (Å²) in [6.45, 7) is -0.331. The first-order valence-corrected chi connectivity index (χ1v) is 12.7. The Morgan fingerprint density at radius 3 is 1.92 bits per heavy atom. The lowest BCUT2D eigenvalue weighted by molar-refractivity contribution is -0.106. The van der Waals surface area contributed by atoms with Crippen molar-refractivity contribution in [3.63, 3.8) is 0 Å². The molecule has 1 heterocycles. The molecule has 0 saturated heterocycles. The molecule has 36 heavy (non-hydrogen) atoms. The molecule has 4 aromatic rings. The number of halogens is 3. The summed E-state index contributed by atoms with van der Waals surface area (Å²) >= 11 is 0. The molecule has 0 radical (unpaired) electrons. The van der Waals surface area contributed by atoms with Crippen LogP contribution in [0.5, 0.6) is 11.5 Å². The molecular formula is C27H23F3N2O3S. The summed E-state index contributed by atoms with van der Waals surface area (Å²) in [5, 5.41) is 0. The molecule has 4 rings (SSSR count). The maximum Gasteiger partial charge on any atom is 0.404 e. The van der Waals surface area contributed by atoms with Crippen molar-refractivity contribution in [1.29, 1.82) is 0 Å². The monoisotopic (exact) mass is 512 g/mol. The van der Waals surface area contributed by atoms with E-state index in [1.807, 2.05) is 42.5 Å². The molecular weight excluding hydrogens is 489 g/mol. The molecule has 0 saturated carbocycles. The van der Waals surface area contributed by atoms with Crippen LogP contribution >= 0.6 is 0 Å². The third-order valence-electron chi connectivity index (χ3n) is 5.25. The predicted molar refractivity (Wildman–Crippen MR) is 132 cm³/mol. The summed E-state index contributed by atoms with van der Waals surface area (Å²) in [6, 6.07) is 28.3. The SMILES string of the molecule is O=S(=O)(CC(F)(F)F)N(Cc1ccccn1)c1ccc(Oc2ccc(Cc3ccccc3)cc2)cc1. The van der Waals surface area contributed by atoms with E-state index in [0.29, 0.717) is 21.5 Å². The Balaban J connectivity index is 1.50. The molecule has 0 bridgehead atoms. The first kappa shape index (κ1) is 25.2. The molecule has 186 valence electrons. The number of hydrogen-bond donors (Lipinski definition) is 0. The van der Waals surface area contributed by atoms with Crippen molar-refractivity contribution in [2.24, 2.45) is 0 Å². The van der Waals surface area contributed by atoms with Gasteiger partial charge in [0.05, 0.1) is 17.9 Å². The van der Waals surface area contributed by atoms with Crippen LogP contribution in [0.1, 0.15) is 16.8 Å². The zero-order chi connectivity index (χ0) is 25.6. The molecule has 0 amide bonds. The summed E-state index contributed by atoms with van der Waals surface area (Å²) in [6.07, 6.45) is -2.64. The molecule has 0 spiro atoms. The Bertz CT molecular complexity index is 1360. The fourth-order valence-corrected chi connectivity index (χ4v) is 4.94. The van der Waals surface area contributed by atoms with Crippen molar-refractivity contribution >= 4 is 15.7 Å². The Morgan fingerprint density at radius 2 is 1.33 bits per heavy atom. The van der Waals surface area contributed by atoms with E-state index >= 15 is 0 Å². The maximum absolute atomic E-state index is 13.0. The number of nitrogens with zero attached hydrogens (tertiary/aromatic N) is 2. The van der Waals surface area contributed by atoms with E-state index in [-0.39, 0.29) is 12.2 Å². The first-order chi connectivity index (χ1) is 17.2. The van der Waals surface area contributed by atoms with E-state index in [4.69, 9.17) is 4.74 Å². The van der Waals surface area contributed by atoms with Crippen LogP contribution in [0.3, 0.4) is 0 Å². The second-order valence-corrected chi connectivity index (χ2v) is 9.99. The fourth-order valence-electron chi connectivity index (χ4n) is 3.60. The van der Waals surface area contributed by atoms with E-state index in [9.17, 15) is 21.6 Å². The highest BCUT2D eigenvalue weighted by molar-refractivity contribution is 7.92. The van der Waals surface area contributed by atoms with E-state index in [1.54, 1.807) is 18.2 Å². The van der Waals surface area contributed by atoms with Gasteiger partial charge < -0.3 is 4.74 Å². The van der Waals surface area contributed by atoms with Crippen molar-refractivity contribution in [2.45, 2.75) is 19.1 Å². The Hall–Kier alpha value is -3.85. The van der Waals surface area contributed by atoms with Gasteiger partial charge in [0.15, 0.2) is 5.75 Å². The highest BCUT2D eigenvalue weighted by Gasteiger charge is 2.38. The molecule has 0 aliphatic rings. The van der Waals surface area contributed by atoms with Gasteiger partial charge in [-0.15, -0.1) is 0 Å². The van der Waals surface area contributed by atoms with Crippen LogP contribution in [-0.2, 0) is 23.0 Å². The summed E-state index contributed by atoms with van der Waals surface area (Å²) in [5.41, 5.74) is 2.70. The number of anilines is 1. The quantitative estimate of drug-likeness (QED) is 0.262. The lowest BCUT2D eigenvalue weighted by Crippen LogP contribution is -2.37. The van der Waals surface area contributed by atoms with Gasteiger partial charge in [-0.2, -0.15) is 13.2 Å². The van der Waals surface area contributed by atoms with Gasteiger partial charge in [-0.3, -0.25) is 9.29 Å². The molecule has 0 N–H and O–H groups in total. The van der Waals surface area contributed by atoms with Crippen LogP contribution < -0.4 is 9.04 Å². The first-order valence-electron chi connectivity index (χ1n) is 11.1. The van der Waals surface area contributed by atoms with Crippen LogP contribution in [0.2, 0.25) is 0 Å². The summed E-state index contributed by atoms with van der Waals surface area (Å²) in [4.78, 5) is 4.05. The largest absolute Gasteiger partial charge is 0.457 e. The molecule has 0 unspecified atom stereocenters. The second kappa shape index (κ2) is 10.8. The topological polar surface area (TPSA) is 59.5 Å². The Morgan fingerprint density at radius 1 is 0.750 bits per heavy atom. The van der Waals surface area contributed by atoms with Crippen LogP contribution in [-0.4, -0.2) is 25.3 Å². The third kappa shape index (κ3) is 7.08. The molecule has 0 aliphatic carbocycles. The lowest BCUT2D eigenvalue weighted by atomic mass is 10.1. The number of pyridine rings is 1. The van der Waals surface area contributed by atoms with Gasteiger partial charge in [-0.05, 0) is 66.1 Å². The van der Waals surface area contributed by atoms with Crippen LogP contribution in [0, 0.1) is 0 Å². The van der Waals surface area contributed by atoms with E-state index in [2.05, 4.69) is 17.1 Å². The number of rotatable bonds is 9.